The van der Waals surface area contributed by atoms with Crippen molar-refractivity contribution in [3.8, 4) is 0 Å². The Hall–Kier alpha value is -1.09. The molecule has 2 atom stereocenters. The van der Waals surface area contributed by atoms with Crippen molar-refractivity contribution < 1.29 is 4.79 Å². The number of rotatable bonds is 2. The van der Waals surface area contributed by atoms with E-state index in [-0.39, 0.29) is 11.8 Å². The molecule has 84 valence electrons. The predicted molar refractivity (Wildman–Crippen MR) is 62.2 cm³/mol. The maximum atomic E-state index is 11.9. The molecule has 2 unspecified atom stereocenters. The van der Waals surface area contributed by atoms with E-state index in [9.17, 15) is 4.79 Å². The third-order valence-electron chi connectivity index (χ3n) is 3.73. The summed E-state index contributed by atoms with van der Waals surface area (Å²) in [4.78, 5) is 15.9. The first-order valence-corrected chi connectivity index (χ1v) is 6.06. The molecule has 0 bridgehead atoms. The van der Waals surface area contributed by atoms with Crippen molar-refractivity contribution in [1.82, 2.24) is 4.98 Å². The molecule has 2 aliphatic carbocycles. The number of aromatic nitrogens is 1. The van der Waals surface area contributed by atoms with Crippen molar-refractivity contribution in [2.45, 2.75) is 19.3 Å². The zero-order valence-corrected chi connectivity index (χ0v) is 9.57. The van der Waals surface area contributed by atoms with Gasteiger partial charge in [-0.3, -0.25) is 4.79 Å². The molecule has 2 saturated carbocycles. The lowest BCUT2D eigenvalue weighted by Gasteiger charge is -2.07. The third-order valence-corrected chi connectivity index (χ3v) is 4.03. The highest BCUT2D eigenvalue weighted by Crippen LogP contribution is 2.57. The summed E-state index contributed by atoms with van der Waals surface area (Å²) in [5.74, 6) is 1.61. The zero-order chi connectivity index (χ0) is 11.1. The van der Waals surface area contributed by atoms with Crippen LogP contribution in [-0.2, 0) is 4.79 Å². The van der Waals surface area contributed by atoms with Crippen molar-refractivity contribution in [2.75, 3.05) is 5.32 Å². The van der Waals surface area contributed by atoms with Crippen LogP contribution in [0.2, 0.25) is 5.15 Å². The lowest BCUT2D eigenvalue weighted by Crippen LogP contribution is -2.16. The van der Waals surface area contributed by atoms with Gasteiger partial charge in [-0.1, -0.05) is 18.0 Å². The Kier molecular flexibility index (Phi) is 2.36. The van der Waals surface area contributed by atoms with E-state index in [1.54, 1.807) is 18.3 Å². The fourth-order valence-electron chi connectivity index (χ4n) is 2.91. The molecule has 1 N–H and O–H groups in total. The van der Waals surface area contributed by atoms with Crippen LogP contribution >= 0.6 is 11.6 Å². The number of carbonyl (C=O) groups excluding carboxylic acids is 1. The summed E-state index contributed by atoms with van der Waals surface area (Å²) in [6.07, 6.45) is 5.32. The fraction of sp³-hybridized carbons (Fsp3) is 0.500. The molecule has 4 heteroatoms. The van der Waals surface area contributed by atoms with E-state index < -0.39 is 0 Å². The molecule has 1 aromatic rings. The number of nitrogens with one attached hydrogen (secondary N) is 1. The van der Waals surface area contributed by atoms with Crippen molar-refractivity contribution >= 4 is 23.2 Å². The Morgan fingerprint density at radius 2 is 2.19 bits per heavy atom. The number of amides is 1. The van der Waals surface area contributed by atoms with Gasteiger partial charge in [-0.05, 0) is 36.8 Å². The first kappa shape index (κ1) is 10.1. The van der Waals surface area contributed by atoms with Gasteiger partial charge in [0.2, 0.25) is 5.91 Å². The van der Waals surface area contributed by atoms with Crippen LogP contribution in [0.4, 0.5) is 5.69 Å². The molecule has 0 aromatic carbocycles. The Bertz CT molecular complexity index is 425. The average Bonchev–Trinajstić information content (AvgIpc) is 2.76. The number of hydrogen-bond acceptors (Lipinski definition) is 2. The van der Waals surface area contributed by atoms with Crippen LogP contribution in [0.3, 0.4) is 0 Å². The molecule has 0 spiro atoms. The number of nitrogens with zero attached hydrogens (tertiary/aromatic N) is 1. The van der Waals surface area contributed by atoms with E-state index in [0.717, 1.165) is 0 Å². The zero-order valence-electron chi connectivity index (χ0n) is 8.82. The topological polar surface area (TPSA) is 42.0 Å². The number of carbonyl (C=O) groups is 1. The minimum Gasteiger partial charge on any atom is -0.323 e. The minimum atomic E-state index is 0.115. The second-order valence-corrected chi connectivity index (χ2v) is 4.97. The predicted octanol–water partition coefficient (Wildman–Crippen LogP) is 2.72. The molecular formula is C12H13ClN2O. The van der Waals surface area contributed by atoms with Gasteiger partial charge in [0.15, 0.2) is 5.15 Å². The SMILES string of the molecule is O=C(Nc1cccnc1Cl)C1C2CCCC21. The molecule has 0 saturated heterocycles. The first-order valence-electron chi connectivity index (χ1n) is 5.69. The summed E-state index contributed by atoms with van der Waals surface area (Å²) in [7, 11) is 0. The molecule has 2 aliphatic rings. The number of halogens is 1. The Balaban J connectivity index is 1.68. The van der Waals surface area contributed by atoms with Gasteiger partial charge < -0.3 is 5.32 Å². The highest BCUT2D eigenvalue weighted by Gasteiger charge is 2.56. The summed E-state index contributed by atoms with van der Waals surface area (Å²) in [6, 6.07) is 3.56. The third kappa shape index (κ3) is 1.59. The Morgan fingerprint density at radius 1 is 1.44 bits per heavy atom. The van der Waals surface area contributed by atoms with Crippen molar-refractivity contribution in [2.24, 2.45) is 17.8 Å². The molecule has 1 heterocycles. The largest absolute Gasteiger partial charge is 0.323 e. The van der Waals surface area contributed by atoms with Gasteiger partial charge in [-0.15, -0.1) is 0 Å². The Labute approximate surface area is 99.2 Å². The first-order chi connectivity index (χ1) is 7.77. The molecule has 1 amide bonds. The summed E-state index contributed by atoms with van der Waals surface area (Å²) >= 11 is 5.89. The number of fused-ring (bicyclic) bond motifs is 1. The van der Waals surface area contributed by atoms with E-state index in [4.69, 9.17) is 11.6 Å². The molecule has 0 aliphatic heterocycles. The van der Waals surface area contributed by atoms with E-state index in [2.05, 4.69) is 10.3 Å². The van der Waals surface area contributed by atoms with Crippen LogP contribution in [0.25, 0.3) is 0 Å². The highest BCUT2D eigenvalue weighted by atomic mass is 35.5. The average molecular weight is 237 g/mol. The van der Waals surface area contributed by atoms with Gasteiger partial charge in [0.25, 0.3) is 0 Å². The summed E-state index contributed by atoms with van der Waals surface area (Å²) in [5.41, 5.74) is 0.624. The van der Waals surface area contributed by atoms with Gasteiger partial charge in [0, 0.05) is 12.1 Å². The molecule has 0 radical (unpaired) electrons. The van der Waals surface area contributed by atoms with Crippen LogP contribution < -0.4 is 5.32 Å². The van der Waals surface area contributed by atoms with Crippen LogP contribution in [0.5, 0.6) is 0 Å². The van der Waals surface area contributed by atoms with E-state index in [1.165, 1.54) is 19.3 Å². The maximum Gasteiger partial charge on any atom is 0.228 e. The fourth-order valence-corrected chi connectivity index (χ4v) is 3.07. The standard InChI is InChI=1S/C12H13ClN2O/c13-11-9(5-2-6-14-11)15-12(16)10-7-3-1-4-8(7)10/h2,5-8,10H,1,3-4H2,(H,15,16). The smallest absolute Gasteiger partial charge is 0.228 e. The summed E-state index contributed by atoms with van der Waals surface area (Å²) < 4.78 is 0. The number of hydrogen-bond donors (Lipinski definition) is 1. The molecule has 3 rings (SSSR count). The maximum absolute atomic E-state index is 11.9. The van der Waals surface area contributed by atoms with Gasteiger partial charge in [-0.2, -0.15) is 0 Å². The number of anilines is 1. The Morgan fingerprint density at radius 3 is 2.88 bits per heavy atom. The normalized spacial score (nSPS) is 30.9. The lowest BCUT2D eigenvalue weighted by molar-refractivity contribution is -0.118. The summed E-state index contributed by atoms with van der Waals surface area (Å²) in [6.45, 7) is 0. The van der Waals surface area contributed by atoms with Gasteiger partial charge in [-0.25, -0.2) is 4.98 Å². The van der Waals surface area contributed by atoms with Gasteiger partial charge in [0.1, 0.15) is 0 Å². The highest BCUT2D eigenvalue weighted by molar-refractivity contribution is 6.32. The van der Waals surface area contributed by atoms with Crippen molar-refractivity contribution in [3.63, 3.8) is 0 Å². The van der Waals surface area contributed by atoms with Crippen LogP contribution in [0.15, 0.2) is 18.3 Å². The second kappa shape index (κ2) is 3.74. The molecule has 2 fully saturated rings. The lowest BCUT2D eigenvalue weighted by atomic mass is 10.1. The molecule has 3 nitrogen and oxygen atoms in total. The van der Waals surface area contributed by atoms with E-state index >= 15 is 0 Å². The van der Waals surface area contributed by atoms with Crippen LogP contribution in [0.1, 0.15) is 19.3 Å². The van der Waals surface area contributed by atoms with Crippen LogP contribution in [-0.4, -0.2) is 10.9 Å². The van der Waals surface area contributed by atoms with Crippen molar-refractivity contribution in [3.05, 3.63) is 23.5 Å². The van der Waals surface area contributed by atoms with Gasteiger partial charge >= 0.3 is 0 Å². The quantitative estimate of drug-likeness (QED) is 0.803. The van der Waals surface area contributed by atoms with E-state index in [0.29, 0.717) is 22.7 Å². The second-order valence-electron chi connectivity index (χ2n) is 4.62. The summed E-state index contributed by atoms with van der Waals surface area (Å²) in [5, 5.41) is 3.23. The van der Waals surface area contributed by atoms with Gasteiger partial charge in [0.05, 0.1) is 5.69 Å². The molecular weight excluding hydrogens is 224 g/mol. The van der Waals surface area contributed by atoms with Crippen LogP contribution in [0, 0.1) is 17.8 Å². The molecule has 16 heavy (non-hydrogen) atoms. The molecule has 1 aromatic heterocycles. The number of pyridine rings is 1. The monoisotopic (exact) mass is 236 g/mol. The van der Waals surface area contributed by atoms with Crippen molar-refractivity contribution in [1.29, 1.82) is 0 Å². The minimum absolute atomic E-state index is 0.115. The van der Waals surface area contributed by atoms with E-state index in [1.807, 2.05) is 0 Å².